The number of nitrogens with zero attached hydrogens (tertiary/aromatic N) is 4. The van der Waals surface area contributed by atoms with E-state index in [2.05, 4.69) is 46.7 Å². The third-order valence-corrected chi connectivity index (χ3v) is 6.58. The fraction of sp³-hybridized carbons (Fsp3) is 0.391. The fourth-order valence-corrected chi connectivity index (χ4v) is 4.95. The molecule has 4 rings (SSSR count). The number of para-hydroxylation sites is 2. The van der Waals surface area contributed by atoms with Crippen molar-refractivity contribution < 1.29 is 4.79 Å². The lowest BCUT2D eigenvalue weighted by molar-refractivity contribution is -0.132. The molecular weight excluding hydrogens is 380 g/mol. The normalized spacial score (nSPS) is 16.3. The van der Waals surface area contributed by atoms with E-state index in [1.54, 1.807) is 11.8 Å². The molecule has 3 aromatic rings. The molecule has 1 fully saturated rings. The van der Waals surface area contributed by atoms with Crippen LogP contribution in [0.4, 0.5) is 0 Å². The van der Waals surface area contributed by atoms with Crippen LogP contribution in [-0.2, 0) is 17.9 Å². The smallest absolute Gasteiger partial charge is 0.235 e. The number of carbonyl (C=O) groups excluding carboxylic acids is 1. The second-order valence-electron chi connectivity index (χ2n) is 7.47. The van der Waals surface area contributed by atoms with Crippen LogP contribution in [0.15, 0.2) is 59.8 Å². The van der Waals surface area contributed by atoms with Gasteiger partial charge in [0.05, 0.1) is 16.3 Å². The number of piperazine rings is 1. The van der Waals surface area contributed by atoms with Gasteiger partial charge in [0, 0.05) is 39.3 Å². The number of rotatable bonds is 6. The van der Waals surface area contributed by atoms with E-state index in [0.717, 1.165) is 55.5 Å². The third-order valence-electron chi connectivity index (χ3n) is 5.50. The number of amides is 1. The minimum atomic E-state index is -0.141. The average Bonchev–Trinajstić information content (AvgIpc) is 3.11. The van der Waals surface area contributed by atoms with Crippen LogP contribution in [0.5, 0.6) is 0 Å². The molecule has 6 heteroatoms. The Bertz CT molecular complexity index is 963. The lowest BCUT2D eigenvalue weighted by atomic mass is 10.2. The van der Waals surface area contributed by atoms with Gasteiger partial charge in [-0.3, -0.25) is 9.69 Å². The molecule has 2 heterocycles. The van der Waals surface area contributed by atoms with Crippen molar-refractivity contribution in [3.8, 4) is 0 Å². The van der Waals surface area contributed by atoms with Crippen LogP contribution in [0.25, 0.3) is 11.0 Å². The first-order chi connectivity index (χ1) is 14.2. The minimum Gasteiger partial charge on any atom is -0.339 e. The minimum absolute atomic E-state index is 0.141. The lowest BCUT2D eigenvalue weighted by Gasteiger charge is -2.35. The van der Waals surface area contributed by atoms with Gasteiger partial charge >= 0.3 is 0 Å². The summed E-state index contributed by atoms with van der Waals surface area (Å²) in [6.07, 6.45) is 0. The maximum atomic E-state index is 13.0. The van der Waals surface area contributed by atoms with Crippen LogP contribution in [0.2, 0.25) is 0 Å². The van der Waals surface area contributed by atoms with E-state index in [-0.39, 0.29) is 11.2 Å². The van der Waals surface area contributed by atoms with Crippen molar-refractivity contribution in [2.45, 2.75) is 37.3 Å². The standard InChI is InChI=1S/C23H28N4OS/c1-3-27-21-12-8-7-11-20(21)24-23(27)29-18(2)22(28)26-15-13-25(14-16-26)17-19-9-5-4-6-10-19/h4-12,18H,3,13-17H2,1-2H3/t18-/m1/s1. The molecule has 0 spiro atoms. The van der Waals surface area contributed by atoms with Crippen LogP contribution in [0.1, 0.15) is 19.4 Å². The molecule has 1 saturated heterocycles. The molecule has 1 aromatic heterocycles. The third kappa shape index (κ3) is 4.49. The molecule has 1 aliphatic heterocycles. The van der Waals surface area contributed by atoms with Gasteiger partial charge in [0.2, 0.25) is 5.91 Å². The number of fused-ring (bicyclic) bond motifs is 1. The summed E-state index contributed by atoms with van der Waals surface area (Å²) in [5.41, 5.74) is 3.45. The predicted molar refractivity (Wildman–Crippen MR) is 119 cm³/mol. The molecule has 1 amide bonds. The topological polar surface area (TPSA) is 41.4 Å². The summed E-state index contributed by atoms with van der Waals surface area (Å²) in [5.74, 6) is 0.212. The molecule has 1 atom stereocenters. The van der Waals surface area contributed by atoms with E-state index in [4.69, 9.17) is 4.98 Å². The zero-order valence-corrected chi connectivity index (χ0v) is 17.9. The van der Waals surface area contributed by atoms with Gasteiger partial charge < -0.3 is 9.47 Å². The van der Waals surface area contributed by atoms with E-state index >= 15 is 0 Å². The second kappa shape index (κ2) is 9.01. The summed E-state index contributed by atoms with van der Waals surface area (Å²) in [5, 5.41) is 0.787. The van der Waals surface area contributed by atoms with Gasteiger partial charge in [0.1, 0.15) is 0 Å². The average molecular weight is 409 g/mol. The number of aryl methyl sites for hydroxylation is 1. The van der Waals surface area contributed by atoms with Gasteiger partial charge in [-0.2, -0.15) is 0 Å². The summed E-state index contributed by atoms with van der Waals surface area (Å²) < 4.78 is 2.20. The number of aromatic nitrogens is 2. The Labute approximate surface area is 176 Å². The SMILES string of the molecule is CCn1c(S[C@H](C)C(=O)N2CCN(Cc3ccccc3)CC2)nc2ccccc21. The van der Waals surface area contributed by atoms with Crippen LogP contribution >= 0.6 is 11.8 Å². The molecule has 0 aliphatic carbocycles. The maximum Gasteiger partial charge on any atom is 0.235 e. The zero-order valence-electron chi connectivity index (χ0n) is 17.1. The van der Waals surface area contributed by atoms with E-state index in [1.165, 1.54) is 5.56 Å². The van der Waals surface area contributed by atoms with Crippen LogP contribution in [0, 0.1) is 0 Å². The van der Waals surface area contributed by atoms with Crippen molar-refractivity contribution in [2.75, 3.05) is 26.2 Å². The molecule has 0 radical (unpaired) electrons. The quantitative estimate of drug-likeness (QED) is 0.581. The molecule has 1 aliphatic rings. The summed E-state index contributed by atoms with van der Waals surface area (Å²) >= 11 is 1.57. The largest absolute Gasteiger partial charge is 0.339 e. The van der Waals surface area contributed by atoms with Gasteiger partial charge in [-0.15, -0.1) is 0 Å². The van der Waals surface area contributed by atoms with Gasteiger partial charge in [0.25, 0.3) is 0 Å². The Morgan fingerprint density at radius 3 is 2.45 bits per heavy atom. The Morgan fingerprint density at radius 1 is 1.03 bits per heavy atom. The van der Waals surface area contributed by atoms with Crippen molar-refractivity contribution >= 4 is 28.7 Å². The van der Waals surface area contributed by atoms with Gasteiger partial charge in [0.15, 0.2) is 5.16 Å². The first-order valence-electron chi connectivity index (χ1n) is 10.3. The molecule has 0 N–H and O–H groups in total. The number of benzene rings is 2. The Hall–Kier alpha value is -2.31. The lowest BCUT2D eigenvalue weighted by Crippen LogP contribution is -2.50. The Morgan fingerprint density at radius 2 is 1.72 bits per heavy atom. The highest BCUT2D eigenvalue weighted by molar-refractivity contribution is 8.00. The number of hydrogen-bond donors (Lipinski definition) is 0. The number of thioether (sulfide) groups is 1. The second-order valence-corrected chi connectivity index (χ2v) is 8.78. The highest BCUT2D eigenvalue weighted by Gasteiger charge is 2.27. The highest BCUT2D eigenvalue weighted by atomic mass is 32.2. The van der Waals surface area contributed by atoms with Crippen molar-refractivity contribution in [3.05, 3.63) is 60.2 Å². The molecule has 0 saturated carbocycles. The Balaban J connectivity index is 1.35. The van der Waals surface area contributed by atoms with Crippen LogP contribution in [0.3, 0.4) is 0 Å². The van der Waals surface area contributed by atoms with Gasteiger partial charge in [-0.25, -0.2) is 4.98 Å². The van der Waals surface area contributed by atoms with Crippen molar-refractivity contribution in [2.24, 2.45) is 0 Å². The molecule has 5 nitrogen and oxygen atoms in total. The van der Waals surface area contributed by atoms with Crippen molar-refractivity contribution in [1.82, 2.24) is 19.4 Å². The molecule has 152 valence electrons. The first-order valence-corrected chi connectivity index (χ1v) is 11.2. The summed E-state index contributed by atoms with van der Waals surface area (Å²) in [4.78, 5) is 22.2. The van der Waals surface area contributed by atoms with Gasteiger partial charge in [-0.05, 0) is 31.5 Å². The summed E-state index contributed by atoms with van der Waals surface area (Å²) in [6.45, 7) is 9.35. The predicted octanol–water partition coefficient (Wildman–Crippen LogP) is 3.88. The molecule has 0 unspecified atom stereocenters. The highest BCUT2D eigenvalue weighted by Crippen LogP contribution is 2.28. The number of hydrogen-bond acceptors (Lipinski definition) is 4. The van der Waals surface area contributed by atoms with E-state index in [0.29, 0.717) is 0 Å². The summed E-state index contributed by atoms with van der Waals surface area (Å²) in [7, 11) is 0. The molecule has 29 heavy (non-hydrogen) atoms. The maximum absolute atomic E-state index is 13.0. The van der Waals surface area contributed by atoms with E-state index in [9.17, 15) is 4.79 Å². The molecule has 0 bridgehead atoms. The Kier molecular flexibility index (Phi) is 6.21. The molecular formula is C23H28N4OS. The van der Waals surface area contributed by atoms with Crippen molar-refractivity contribution in [1.29, 1.82) is 0 Å². The van der Waals surface area contributed by atoms with Crippen LogP contribution < -0.4 is 0 Å². The fourth-order valence-electron chi connectivity index (χ4n) is 3.88. The zero-order chi connectivity index (χ0) is 20.2. The van der Waals surface area contributed by atoms with Crippen LogP contribution in [-0.4, -0.2) is 56.7 Å². The summed E-state index contributed by atoms with van der Waals surface area (Å²) in [6, 6.07) is 18.7. The first kappa shape index (κ1) is 20.0. The van der Waals surface area contributed by atoms with E-state index < -0.39 is 0 Å². The number of imidazole rings is 1. The van der Waals surface area contributed by atoms with Gasteiger partial charge in [-0.1, -0.05) is 54.2 Å². The molecule has 2 aromatic carbocycles. The van der Waals surface area contributed by atoms with Crippen molar-refractivity contribution in [3.63, 3.8) is 0 Å². The monoisotopic (exact) mass is 408 g/mol. The van der Waals surface area contributed by atoms with E-state index in [1.807, 2.05) is 36.1 Å². The number of carbonyl (C=O) groups is 1.